The van der Waals surface area contributed by atoms with Crippen molar-refractivity contribution in [2.45, 2.75) is 32.7 Å². The first-order valence-electron chi connectivity index (χ1n) is 4.77. The van der Waals surface area contributed by atoms with Crippen LogP contribution in [0.5, 0.6) is 0 Å². The van der Waals surface area contributed by atoms with Crippen molar-refractivity contribution in [1.29, 1.82) is 0 Å². The molecule has 0 spiro atoms. The maximum atomic E-state index is 5.58. The summed E-state index contributed by atoms with van der Waals surface area (Å²) in [5.74, 6) is 1.99. The van der Waals surface area contributed by atoms with E-state index in [1.165, 1.54) is 19.3 Å². The maximum absolute atomic E-state index is 5.58. The molecule has 2 atom stereocenters. The van der Waals surface area contributed by atoms with Crippen LogP contribution in [-0.2, 0) is 6.54 Å². The van der Waals surface area contributed by atoms with Gasteiger partial charge in [0.2, 0.25) is 5.95 Å². The van der Waals surface area contributed by atoms with Crippen LogP contribution < -0.4 is 5.73 Å². The Morgan fingerprint density at radius 3 is 2.92 bits per heavy atom. The highest BCUT2D eigenvalue weighted by atomic mass is 15.6. The lowest BCUT2D eigenvalue weighted by Gasteiger charge is -2.08. The van der Waals surface area contributed by atoms with Crippen molar-refractivity contribution in [1.82, 2.24) is 20.2 Å². The summed E-state index contributed by atoms with van der Waals surface area (Å²) in [6, 6.07) is 0. The fourth-order valence-electron chi connectivity index (χ4n) is 2.08. The normalized spacial score (nSPS) is 28.1. The molecule has 1 aromatic heterocycles. The Kier molecular flexibility index (Phi) is 2.16. The maximum Gasteiger partial charge on any atom is 0.240 e. The Balaban J connectivity index is 1.95. The van der Waals surface area contributed by atoms with Crippen LogP contribution in [0.3, 0.4) is 0 Å². The number of aromatic nitrogens is 4. The lowest BCUT2D eigenvalue weighted by Crippen LogP contribution is -2.12. The summed E-state index contributed by atoms with van der Waals surface area (Å²) in [5.41, 5.74) is 5.58. The molecule has 1 saturated carbocycles. The lowest BCUT2D eigenvalue weighted by molar-refractivity contribution is 0.413. The van der Waals surface area contributed by atoms with Gasteiger partial charge in [0.25, 0.3) is 0 Å². The first-order valence-corrected chi connectivity index (χ1v) is 4.77. The van der Waals surface area contributed by atoms with Crippen molar-refractivity contribution in [2.75, 3.05) is 5.73 Å². The van der Waals surface area contributed by atoms with Crippen molar-refractivity contribution in [3.05, 3.63) is 0 Å². The van der Waals surface area contributed by atoms with Crippen LogP contribution in [0.2, 0.25) is 0 Å². The van der Waals surface area contributed by atoms with Gasteiger partial charge in [0, 0.05) is 6.54 Å². The quantitative estimate of drug-likeness (QED) is 0.728. The number of nitrogens with two attached hydrogens (primary N) is 1. The second-order valence-electron chi connectivity index (χ2n) is 4.00. The van der Waals surface area contributed by atoms with Crippen LogP contribution in [0.15, 0.2) is 0 Å². The smallest absolute Gasteiger partial charge is 0.240 e. The van der Waals surface area contributed by atoms with E-state index in [0.717, 1.165) is 12.5 Å². The molecule has 1 aliphatic carbocycles. The third-order valence-electron chi connectivity index (χ3n) is 2.79. The SMILES string of the molecule is CC1CCC(Cn2nnnc2N)C1. The van der Waals surface area contributed by atoms with Gasteiger partial charge in [-0.05, 0) is 35.1 Å². The van der Waals surface area contributed by atoms with Gasteiger partial charge in [-0.15, -0.1) is 0 Å². The van der Waals surface area contributed by atoms with Crippen LogP contribution in [0, 0.1) is 11.8 Å². The van der Waals surface area contributed by atoms with E-state index < -0.39 is 0 Å². The van der Waals surface area contributed by atoms with E-state index in [1.54, 1.807) is 4.68 Å². The third kappa shape index (κ3) is 1.79. The molecule has 1 aromatic rings. The van der Waals surface area contributed by atoms with E-state index in [1.807, 2.05) is 0 Å². The number of nitrogen functional groups attached to an aromatic ring is 1. The van der Waals surface area contributed by atoms with Crippen LogP contribution in [0.1, 0.15) is 26.2 Å². The summed E-state index contributed by atoms with van der Waals surface area (Å²) in [7, 11) is 0. The van der Waals surface area contributed by atoms with Gasteiger partial charge in [-0.1, -0.05) is 18.4 Å². The number of rotatable bonds is 2. The Bertz CT molecular complexity index is 282. The van der Waals surface area contributed by atoms with Crippen molar-refractivity contribution >= 4 is 5.95 Å². The third-order valence-corrected chi connectivity index (χ3v) is 2.79. The van der Waals surface area contributed by atoms with Gasteiger partial charge in [-0.25, -0.2) is 4.68 Å². The zero-order chi connectivity index (χ0) is 9.26. The van der Waals surface area contributed by atoms with Gasteiger partial charge in [0.05, 0.1) is 0 Å². The molecule has 0 aliphatic heterocycles. The predicted molar refractivity (Wildman–Crippen MR) is 48.7 cm³/mol. The molecule has 0 bridgehead atoms. The van der Waals surface area contributed by atoms with E-state index >= 15 is 0 Å². The molecule has 0 amide bonds. The van der Waals surface area contributed by atoms with E-state index in [4.69, 9.17) is 5.73 Å². The summed E-state index contributed by atoms with van der Waals surface area (Å²) in [6.45, 7) is 3.17. The van der Waals surface area contributed by atoms with Gasteiger partial charge in [-0.3, -0.25) is 0 Å². The first-order chi connectivity index (χ1) is 6.25. The van der Waals surface area contributed by atoms with Crippen LogP contribution in [-0.4, -0.2) is 20.2 Å². The van der Waals surface area contributed by atoms with Gasteiger partial charge >= 0.3 is 0 Å². The minimum absolute atomic E-state index is 0.430. The molecule has 72 valence electrons. The molecule has 2 N–H and O–H groups in total. The van der Waals surface area contributed by atoms with E-state index in [9.17, 15) is 0 Å². The molecule has 2 rings (SSSR count). The summed E-state index contributed by atoms with van der Waals surface area (Å²) < 4.78 is 1.70. The Morgan fingerprint density at radius 1 is 1.54 bits per heavy atom. The second-order valence-corrected chi connectivity index (χ2v) is 4.00. The largest absolute Gasteiger partial charge is 0.367 e. The average Bonchev–Trinajstić information content (AvgIpc) is 2.64. The minimum Gasteiger partial charge on any atom is -0.367 e. The lowest BCUT2D eigenvalue weighted by atomic mass is 10.1. The number of nitrogens with zero attached hydrogens (tertiary/aromatic N) is 4. The van der Waals surface area contributed by atoms with Crippen molar-refractivity contribution in [3.8, 4) is 0 Å². The molecule has 1 aliphatic rings. The van der Waals surface area contributed by atoms with Crippen molar-refractivity contribution in [2.24, 2.45) is 11.8 Å². The number of hydrogen-bond donors (Lipinski definition) is 1. The van der Waals surface area contributed by atoms with Gasteiger partial charge in [0.15, 0.2) is 0 Å². The Hall–Kier alpha value is -1.13. The highest BCUT2D eigenvalue weighted by Gasteiger charge is 2.22. The van der Waals surface area contributed by atoms with Gasteiger partial charge in [-0.2, -0.15) is 0 Å². The molecular formula is C8H15N5. The molecule has 2 unspecified atom stereocenters. The molecule has 5 nitrogen and oxygen atoms in total. The van der Waals surface area contributed by atoms with Crippen LogP contribution in [0.25, 0.3) is 0 Å². The molecule has 1 heterocycles. The molecule has 0 aromatic carbocycles. The topological polar surface area (TPSA) is 69.6 Å². The van der Waals surface area contributed by atoms with E-state index in [-0.39, 0.29) is 0 Å². The molecule has 5 heteroatoms. The molecule has 0 radical (unpaired) electrons. The number of hydrogen-bond acceptors (Lipinski definition) is 4. The predicted octanol–water partition coefficient (Wildman–Crippen LogP) is 0.691. The molecule has 0 saturated heterocycles. The fraction of sp³-hybridized carbons (Fsp3) is 0.875. The molecule has 1 fully saturated rings. The van der Waals surface area contributed by atoms with Crippen molar-refractivity contribution in [3.63, 3.8) is 0 Å². The highest BCUT2D eigenvalue weighted by molar-refractivity contribution is 5.09. The zero-order valence-corrected chi connectivity index (χ0v) is 7.85. The monoisotopic (exact) mass is 181 g/mol. The summed E-state index contributed by atoms with van der Waals surface area (Å²) in [4.78, 5) is 0. The zero-order valence-electron chi connectivity index (χ0n) is 7.85. The van der Waals surface area contributed by atoms with Crippen molar-refractivity contribution < 1.29 is 0 Å². The van der Waals surface area contributed by atoms with E-state index in [2.05, 4.69) is 22.4 Å². The van der Waals surface area contributed by atoms with Crippen LogP contribution >= 0.6 is 0 Å². The van der Waals surface area contributed by atoms with Crippen LogP contribution in [0.4, 0.5) is 5.95 Å². The Labute approximate surface area is 77.3 Å². The summed E-state index contributed by atoms with van der Waals surface area (Å²) in [6.07, 6.45) is 3.88. The number of anilines is 1. The average molecular weight is 181 g/mol. The fourth-order valence-corrected chi connectivity index (χ4v) is 2.08. The first kappa shape index (κ1) is 8.47. The summed E-state index contributed by atoms with van der Waals surface area (Å²) >= 11 is 0. The van der Waals surface area contributed by atoms with Gasteiger partial charge < -0.3 is 5.73 Å². The van der Waals surface area contributed by atoms with E-state index in [0.29, 0.717) is 11.9 Å². The Morgan fingerprint density at radius 2 is 2.38 bits per heavy atom. The summed E-state index contributed by atoms with van der Waals surface area (Å²) in [5, 5.41) is 11.0. The molecular weight excluding hydrogens is 166 g/mol. The number of tetrazole rings is 1. The standard InChI is InChI=1S/C8H15N5/c1-6-2-3-7(4-6)5-13-8(9)10-11-12-13/h6-7H,2-5H2,1H3,(H2,9,10,12). The second kappa shape index (κ2) is 3.32. The van der Waals surface area contributed by atoms with Gasteiger partial charge in [0.1, 0.15) is 0 Å². The molecule has 13 heavy (non-hydrogen) atoms. The highest BCUT2D eigenvalue weighted by Crippen LogP contribution is 2.31. The minimum atomic E-state index is 0.430.